The van der Waals surface area contributed by atoms with E-state index in [1.807, 2.05) is 6.92 Å². The second-order valence-electron chi connectivity index (χ2n) is 2.27. The fraction of sp³-hybridized carbons (Fsp3) is 0.571. The maximum atomic E-state index is 5.39. The van der Waals surface area contributed by atoms with Crippen LogP contribution in [0, 0.1) is 6.92 Å². The number of nitrogens with zero attached hydrogens (tertiary/aromatic N) is 1. The summed E-state index contributed by atoms with van der Waals surface area (Å²) < 4.78 is 9.87. The van der Waals surface area contributed by atoms with Crippen LogP contribution >= 0.6 is 0 Å². The third kappa shape index (κ3) is 1.51. The van der Waals surface area contributed by atoms with Gasteiger partial charge in [-0.2, -0.15) is 0 Å². The molecule has 0 aliphatic carbocycles. The second-order valence-corrected chi connectivity index (χ2v) is 2.27. The number of hydrogen-bond acceptors (Lipinski definition) is 4. The Morgan fingerprint density at radius 1 is 1.64 bits per heavy atom. The Labute approximate surface area is 65.3 Å². The lowest BCUT2D eigenvalue weighted by Gasteiger charge is -1.96. The van der Waals surface area contributed by atoms with Crippen LogP contribution in [-0.4, -0.2) is 18.8 Å². The Bertz CT molecular complexity index is 232. The van der Waals surface area contributed by atoms with Crippen LogP contribution in [0.5, 0.6) is 5.88 Å². The maximum absolute atomic E-state index is 5.39. The molecule has 0 radical (unpaired) electrons. The van der Waals surface area contributed by atoms with Crippen molar-refractivity contribution >= 4 is 0 Å². The second kappa shape index (κ2) is 3.39. The summed E-state index contributed by atoms with van der Waals surface area (Å²) in [6, 6.07) is 0. The van der Waals surface area contributed by atoms with E-state index in [1.165, 1.54) is 0 Å². The molecule has 1 rings (SSSR count). The third-order valence-corrected chi connectivity index (χ3v) is 1.54. The van der Waals surface area contributed by atoms with Gasteiger partial charge in [0, 0.05) is 0 Å². The van der Waals surface area contributed by atoms with Gasteiger partial charge in [-0.15, -0.1) is 0 Å². The molecular weight excluding hydrogens is 144 g/mol. The number of aryl methyl sites for hydroxylation is 1. The lowest BCUT2D eigenvalue weighted by atomic mass is 10.2. The summed E-state index contributed by atoms with van der Waals surface area (Å²) in [6.07, 6.45) is 0.749. The molecule has 11 heavy (non-hydrogen) atoms. The molecule has 0 atom stereocenters. The molecular formula is C7H12N2O2. The molecule has 0 aliphatic rings. The Morgan fingerprint density at radius 2 is 2.36 bits per heavy atom. The minimum absolute atomic E-state index is 0.549. The van der Waals surface area contributed by atoms with Crippen LogP contribution in [0.3, 0.4) is 0 Å². The molecule has 4 heteroatoms. The molecule has 0 aromatic carbocycles. The molecule has 4 nitrogen and oxygen atoms in total. The largest absolute Gasteiger partial charge is 0.479 e. The molecule has 0 spiro atoms. The molecule has 0 aliphatic heterocycles. The Morgan fingerprint density at radius 3 is 2.91 bits per heavy atom. The average Bonchev–Trinajstić information content (AvgIpc) is 2.34. The van der Waals surface area contributed by atoms with Gasteiger partial charge >= 0.3 is 0 Å². The van der Waals surface area contributed by atoms with Gasteiger partial charge in [-0.25, -0.2) is 0 Å². The van der Waals surface area contributed by atoms with Crippen LogP contribution in [0.4, 0.5) is 0 Å². The van der Waals surface area contributed by atoms with Crippen molar-refractivity contribution in [2.75, 3.05) is 13.7 Å². The molecule has 0 bridgehead atoms. The van der Waals surface area contributed by atoms with E-state index in [-0.39, 0.29) is 0 Å². The fourth-order valence-corrected chi connectivity index (χ4v) is 0.958. The molecule has 1 heterocycles. The van der Waals surface area contributed by atoms with Gasteiger partial charge in [0.1, 0.15) is 5.76 Å². The summed E-state index contributed by atoms with van der Waals surface area (Å²) in [7, 11) is 1.57. The van der Waals surface area contributed by atoms with Crippen LogP contribution in [-0.2, 0) is 6.42 Å². The van der Waals surface area contributed by atoms with Crippen molar-refractivity contribution in [3.05, 3.63) is 11.3 Å². The van der Waals surface area contributed by atoms with Gasteiger partial charge in [0.25, 0.3) is 5.88 Å². The van der Waals surface area contributed by atoms with Crippen molar-refractivity contribution in [2.45, 2.75) is 13.3 Å². The summed E-state index contributed by atoms with van der Waals surface area (Å²) in [5.74, 6) is 1.33. The van der Waals surface area contributed by atoms with E-state index < -0.39 is 0 Å². The third-order valence-electron chi connectivity index (χ3n) is 1.54. The van der Waals surface area contributed by atoms with E-state index in [9.17, 15) is 0 Å². The van der Waals surface area contributed by atoms with Gasteiger partial charge in [-0.05, 0) is 25.0 Å². The minimum Gasteiger partial charge on any atom is -0.479 e. The monoisotopic (exact) mass is 156 g/mol. The van der Waals surface area contributed by atoms with E-state index in [1.54, 1.807) is 7.11 Å². The maximum Gasteiger partial charge on any atom is 0.257 e. The first kappa shape index (κ1) is 8.07. The van der Waals surface area contributed by atoms with E-state index in [2.05, 4.69) is 5.16 Å². The summed E-state index contributed by atoms with van der Waals surface area (Å²) >= 11 is 0. The molecule has 2 N–H and O–H groups in total. The standard InChI is InChI=1S/C7H12N2O2/c1-5-6(3-4-8)7(10-2)9-11-5/h3-4,8H2,1-2H3. The zero-order valence-corrected chi connectivity index (χ0v) is 6.76. The van der Waals surface area contributed by atoms with Crippen molar-refractivity contribution < 1.29 is 9.26 Å². The fourth-order valence-electron chi connectivity index (χ4n) is 0.958. The Balaban J connectivity index is 2.88. The first-order valence-corrected chi connectivity index (χ1v) is 3.48. The molecule has 1 aromatic heterocycles. The summed E-state index contributed by atoms with van der Waals surface area (Å²) in [6.45, 7) is 2.43. The van der Waals surface area contributed by atoms with E-state index >= 15 is 0 Å². The molecule has 1 aromatic rings. The van der Waals surface area contributed by atoms with Gasteiger partial charge in [-0.3, -0.25) is 0 Å². The number of hydrogen-bond donors (Lipinski definition) is 1. The van der Waals surface area contributed by atoms with Crippen molar-refractivity contribution in [1.29, 1.82) is 0 Å². The van der Waals surface area contributed by atoms with Gasteiger partial charge in [-0.1, -0.05) is 0 Å². The highest BCUT2D eigenvalue weighted by atomic mass is 16.5. The summed E-state index contributed by atoms with van der Waals surface area (Å²) in [4.78, 5) is 0. The van der Waals surface area contributed by atoms with Crippen LogP contribution in [0.2, 0.25) is 0 Å². The van der Waals surface area contributed by atoms with E-state index in [0.29, 0.717) is 12.4 Å². The number of aromatic nitrogens is 1. The zero-order chi connectivity index (χ0) is 8.27. The highest BCUT2D eigenvalue weighted by molar-refractivity contribution is 5.27. The molecule has 0 fully saturated rings. The predicted octanol–water partition coefficient (Wildman–Crippen LogP) is 0.493. The van der Waals surface area contributed by atoms with Crippen molar-refractivity contribution in [1.82, 2.24) is 5.16 Å². The van der Waals surface area contributed by atoms with Crippen LogP contribution in [0.25, 0.3) is 0 Å². The highest BCUT2D eigenvalue weighted by Crippen LogP contribution is 2.19. The number of nitrogens with two attached hydrogens (primary N) is 1. The Hall–Kier alpha value is -1.03. The van der Waals surface area contributed by atoms with Crippen molar-refractivity contribution in [3.63, 3.8) is 0 Å². The van der Waals surface area contributed by atoms with Gasteiger partial charge in [0.2, 0.25) is 0 Å². The van der Waals surface area contributed by atoms with Gasteiger partial charge < -0.3 is 15.0 Å². The van der Waals surface area contributed by atoms with Gasteiger partial charge in [0.05, 0.1) is 12.7 Å². The quantitative estimate of drug-likeness (QED) is 0.692. The lowest BCUT2D eigenvalue weighted by Crippen LogP contribution is -2.04. The van der Waals surface area contributed by atoms with Crippen LogP contribution < -0.4 is 10.5 Å². The SMILES string of the molecule is COc1noc(C)c1CCN. The summed E-state index contributed by atoms with van der Waals surface area (Å²) in [5.41, 5.74) is 6.35. The molecule has 0 saturated heterocycles. The smallest absolute Gasteiger partial charge is 0.257 e. The van der Waals surface area contributed by atoms with Crippen LogP contribution in [0.15, 0.2) is 4.52 Å². The number of rotatable bonds is 3. The predicted molar refractivity (Wildman–Crippen MR) is 40.6 cm³/mol. The first-order valence-electron chi connectivity index (χ1n) is 3.48. The molecule has 0 unspecified atom stereocenters. The first-order chi connectivity index (χ1) is 5.29. The van der Waals surface area contributed by atoms with E-state index in [4.69, 9.17) is 15.0 Å². The number of methoxy groups -OCH3 is 1. The highest BCUT2D eigenvalue weighted by Gasteiger charge is 2.11. The Kier molecular flexibility index (Phi) is 2.48. The lowest BCUT2D eigenvalue weighted by molar-refractivity contribution is 0.331. The van der Waals surface area contributed by atoms with E-state index in [0.717, 1.165) is 17.7 Å². The van der Waals surface area contributed by atoms with Crippen molar-refractivity contribution in [2.24, 2.45) is 5.73 Å². The number of ether oxygens (including phenoxy) is 1. The molecule has 62 valence electrons. The average molecular weight is 156 g/mol. The zero-order valence-electron chi connectivity index (χ0n) is 6.76. The molecule has 0 amide bonds. The van der Waals surface area contributed by atoms with Crippen LogP contribution in [0.1, 0.15) is 11.3 Å². The molecule has 0 saturated carbocycles. The normalized spacial score (nSPS) is 10.1. The topological polar surface area (TPSA) is 61.3 Å². The minimum atomic E-state index is 0.549. The van der Waals surface area contributed by atoms with Crippen molar-refractivity contribution in [3.8, 4) is 5.88 Å². The summed E-state index contributed by atoms with van der Waals surface area (Å²) in [5, 5.41) is 3.70. The van der Waals surface area contributed by atoms with Gasteiger partial charge in [0.15, 0.2) is 0 Å².